The molecule has 112 valence electrons. The minimum absolute atomic E-state index is 0.164. The lowest BCUT2D eigenvalue weighted by Crippen LogP contribution is -2.10. The zero-order valence-electron chi connectivity index (χ0n) is 12.7. The summed E-state index contributed by atoms with van der Waals surface area (Å²) < 4.78 is 4.78. The molecule has 4 nitrogen and oxygen atoms in total. The van der Waals surface area contributed by atoms with Gasteiger partial charge in [0.2, 0.25) is 0 Å². The summed E-state index contributed by atoms with van der Waals surface area (Å²) >= 11 is 1.76. The third-order valence-electron chi connectivity index (χ3n) is 3.36. The van der Waals surface area contributed by atoms with Crippen molar-refractivity contribution < 1.29 is 9.53 Å². The minimum atomic E-state index is -0.418. The second kappa shape index (κ2) is 6.18. The number of thiophene rings is 1. The topological polar surface area (TPSA) is 64.3 Å². The molecule has 0 spiro atoms. The van der Waals surface area contributed by atoms with Crippen LogP contribution in [0, 0.1) is 13.8 Å². The van der Waals surface area contributed by atoms with Crippen molar-refractivity contribution in [3.8, 4) is 0 Å². The van der Waals surface area contributed by atoms with Crippen molar-refractivity contribution in [1.29, 1.82) is 0 Å². The van der Waals surface area contributed by atoms with Gasteiger partial charge in [-0.1, -0.05) is 0 Å². The molecule has 0 aliphatic heterocycles. The van der Waals surface area contributed by atoms with Gasteiger partial charge in [0, 0.05) is 21.1 Å². The number of carbonyl (C=O) groups excluding carboxylic acids is 1. The van der Waals surface area contributed by atoms with E-state index in [-0.39, 0.29) is 6.04 Å². The van der Waals surface area contributed by atoms with E-state index < -0.39 is 5.97 Å². The van der Waals surface area contributed by atoms with Crippen molar-refractivity contribution in [2.45, 2.75) is 26.8 Å². The molecule has 1 aromatic heterocycles. The van der Waals surface area contributed by atoms with Gasteiger partial charge in [0.15, 0.2) is 0 Å². The van der Waals surface area contributed by atoms with Crippen LogP contribution in [0.15, 0.2) is 24.3 Å². The number of methoxy groups -OCH3 is 1. The van der Waals surface area contributed by atoms with Crippen LogP contribution in [0.3, 0.4) is 0 Å². The van der Waals surface area contributed by atoms with Crippen molar-refractivity contribution in [1.82, 2.24) is 0 Å². The molecule has 0 fully saturated rings. The molecule has 5 heteroatoms. The Morgan fingerprint density at radius 2 is 2.05 bits per heavy atom. The van der Waals surface area contributed by atoms with Gasteiger partial charge in [-0.05, 0) is 50.6 Å². The van der Waals surface area contributed by atoms with Gasteiger partial charge in [-0.3, -0.25) is 0 Å². The first kappa shape index (κ1) is 15.4. The Bertz CT molecular complexity index is 664. The maximum Gasteiger partial charge on any atom is 0.340 e. The number of aryl methyl sites for hydroxylation is 2. The first-order valence-corrected chi connectivity index (χ1v) is 7.55. The Kier molecular flexibility index (Phi) is 4.53. The summed E-state index contributed by atoms with van der Waals surface area (Å²) in [6.07, 6.45) is 0. The average molecular weight is 304 g/mol. The van der Waals surface area contributed by atoms with Gasteiger partial charge in [0.25, 0.3) is 0 Å². The molecule has 3 N–H and O–H groups in total. The van der Waals surface area contributed by atoms with Crippen molar-refractivity contribution >= 4 is 28.7 Å². The highest BCUT2D eigenvalue weighted by atomic mass is 32.1. The molecule has 1 unspecified atom stereocenters. The van der Waals surface area contributed by atoms with Crippen LogP contribution >= 0.6 is 11.3 Å². The summed E-state index contributed by atoms with van der Waals surface area (Å²) in [7, 11) is 1.36. The lowest BCUT2D eigenvalue weighted by atomic mass is 10.1. The van der Waals surface area contributed by atoms with Crippen LogP contribution in [0.2, 0.25) is 0 Å². The summed E-state index contributed by atoms with van der Waals surface area (Å²) in [5, 5.41) is 3.41. The zero-order chi connectivity index (χ0) is 15.6. The minimum Gasteiger partial charge on any atom is -0.465 e. The molecule has 1 atom stereocenters. The fourth-order valence-electron chi connectivity index (χ4n) is 2.17. The predicted octanol–water partition coefficient (Wildman–Crippen LogP) is 3.91. The normalized spacial score (nSPS) is 12.0. The summed E-state index contributed by atoms with van der Waals surface area (Å²) in [4.78, 5) is 14.3. The predicted molar refractivity (Wildman–Crippen MR) is 88.0 cm³/mol. The molecule has 0 aliphatic rings. The van der Waals surface area contributed by atoms with E-state index in [1.807, 2.05) is 13.0 Å². The number of rotatable bonds is 4. The Morgan fingerprint density at radius 3 is 2.62 bits per heavy atom. The molecule has 0 saturated heterocycles. The molecular formula is C16H20N2O2S. The Balaban J connectivity index is 2.28. The monoisotopic (exact) mass is 304 g/mol. The van der Waals surface area contributed by atoms with Crippen LogP contribution in [0.4, 0.5) is 11.4 Å². The van der Waals surface area contributed by atoms with E-state index in [1.165, 1.54) is 16.9 Å². The quantitative estimate of drug-likeness (QED) is 0.664. The summed E-state index contributed by atoms with van der Waals surface area (Å²) in [6.45, 7) is 6.06. The average Bonchev–Trinajstić information content (AvgIpc) is 2.88. The number of nitrogen functional groups attached to an aromatic ring is 1. The Labute approximate surface area is 128 Å². The fraction of sp³-hybridized carbons (Fsp3) is 0.312. The van der Waals surface area contributed by atoms with E-state index in [0.717, 1.165) is 11.3 Å². The largest absolute Gasteiger partial charge is 0.465 e. The van der Waals surface area contributed by atoms with Crippen molar-refractivity contribution in [3.63, 3.8) is 0 Å². The number of anilines is 2. The molecule has 1 aromatic carbocycles. The number of benzene rings is 1. The second-order valence-corrected chi connectivity index (χ2v) is 6.38. The molecule has 21 heavy (non-hydrogen) atoms. The lowest BCUT2D eigenvalue weighted by molar-refractivity contribution is 0.0602. The highest BCUT2D eigenvalue weighted by Gasteiger charge is 2.15. The van der Waals surface area contributed by atoms with Crippen LogP contribution in [0.25, 0.3) is 0 Å². The van der Waals surface area contributed by atoms with Gasteiger partial charge in [-0.15, -0.1) is 11.3 Å². The molecule has 1 heterocycles. The van der Waals surface area contributed by atoms with E-state index >= 15 is 0 Å². The number of hydrogen-bond acceptors (Lipinski definition) is 5. The van der Waals surface area contributed by atoms with Crippen molar-refractivity contribution in [2.24, 2.45) is 0 Å². The number of nitrogens with one attached hydrogen (secondary N) is 1. The summed E-state index contributed by atoms with van der Waals surface area (Å²) in [5.41, 5.74) is 8.53. The number of ether oxygens (including phenoxy) is 1. The van der Waals surface area contributed by atoms with Gasteiger partial charge in [0.1, 0.15) is 0 Å². The van der Waals surface area contributed by atoms with E-state index in [0.29, 0.717) is 11.3 Å². The summed E-state index contributed by atoms with van der Waals surface area (Å²) in [5.74, 6) is -0.418. The Hall–Kier alpha value is -2.01. The van der Waals surface area contributed by atoms with Crippen molar-refractivity contribution in [2.75, 3.05) is 18.2 Å². The van der Waals surface area contributed by atoms with Gasteiger partial charge < -0.3 is 15.8 Å². The second-order valence-electron chi connectivity index (χ2n) is 5.06. The van der Waals surface area contributed by atoms with Gasteiger partial charge >= 0.3 is 5.97 Å². The van der Waals surface area contributed by atoms with Crippen LogP contribution < -0.4 is 11.1 Å². The van der Waals surface area contributed by atoms with Crippen LogP contribution in [0.5, 0.6) is 0 Å². The van der Waals surface area contributed by atoms with Crippen LogP contribution in [-0.4, -0.2) is 13.1 Å². The van der Waals surface area contributed by atoms with E-state index in [4.69, 9.17) is 10.5 Å². The molecule has 2 rings (SSSR count). The number of esters is 1. The Morgan fingerprint density at radius 1 is 1.33 bits per heavy atom. The SMILES string of the molecule is COC(=O)c1cc(NC(C)c2ccc(C)s2)cc(C)c1N. The first-order valence-electron chi connectivity index (χ1n) is 6.73. The molecule has 0 aliphatic carbocycles. The number of hydrogen-bond donors (Lipinski definition) is 2. The number of nitrogens with two attached hydrogens (primary N) is 1. The van der Waals surface area contributed by atoms with Crippen LogP contribution in [-0.2, 0) is 4.74 Å². The zero-order valence-corrected chi connectivity index (χ0v) is 13.5. The third kappa shape index (κ3) is 3.36. The molecule has 2 aromatic rings. The number of carbonyl (C=O) groups is 1. The van der Waals surface area contributed by atoms with E-state index in [1.54, 1.807) is 17.4 Å². The van der Waals surface area contributed by atoms with Gasteiger partial charge in [0.05, 0.1) is 18.7 Å². The van der Waals surface area contributed by atoms with Gasteiger partial charge in [-0.25, -0.2) is 4.79 Å². The smallest absolute Gasteiger partial charge is 0.340 e. The molecule has 0 bridgehead atoms. The van der Waals surface area contributed by atoms with E-state index in [2.05, 4.69) is 31.3 Å². The molecule has 0 radical (unpaired) electrons. The molecular weight excluding hydrogens is 284 g/mol. The van der Waals surface area contributed by atoms with Crippen LogP contribution in [0.1, 0.15) is 38.6 Å². The van der Waals surface area contributed by atoms with E-state index in [9.17, 15) is 4.79 Å². The first-order chi connectivity index (χ1) is 9.92. The molecule has 0 amide bonds. The molecule has 0 saturated carbocycles. The fourth-order valence-corrected chi connectivity index (χ4v) is 3.05. The third-order valence-corrected chi connectivity index (χ3v) is 4.55. The maximum atomic E-state index is 11.8. The maximum absolute atomic E-state index is 11.8. The van der Waals surface area contributed by atoms with Crippen molar-refractivity contribution in [3.05, 3.63) is 45.1 Å². The highest BCUT2D eigenvalue weighted by Crippen LogP contribution is 2.29. The standard InChI is InChI=1S/C16H20N2O2S/c1-9-7-12(8-13(15(9)17)16(19)20-4)18-11(3)14-6-5-10(2)21-14/h5-8,11,18H,17H2,1-4H3. The summed E-state index contributed by atoms with van der Waals surface area (Å²) in [6, 6.07) is 8.07. The van der Waals surface area contributed by atoms with Gasteiger partial charge in [-0.2, -0.15) is 0 Å². The lowest BCUT2D eigenvalue weighted by Gasteiger charge is -2.16. The highest BCUT2D eigenvalue weighted by molar-refractivity contribution is 7.12.